The number of Topliss-reactive ketones (excluding diaryl/α,β-unsaturated/α-hetero) is 1. The minimum atomic E-state index is -0.196. The third kappa shape index (κ3) is 2.46. The molecule has 0 aliphatic carbocycles. The Labute approximate surface area is 152 Å². The number of nitrogens with one attached hydrogen (secondary N) is 1. The number of ketones is 1. The summed E-state index contributed by atoms with van der Waals surface area (Å²) < 4.78 is 2.49. The lowest BCUT2D eigenvalue weighted by Gasteiger charge is -2.30. The number of aromatic nitrogens is 6. The summed E-state index contributed by atoms with van der Waals surface area (Å²) in [6.45, 7) is 3.87. The minimum absolute atomic E-state index is 0.0666. The van der Waals surface area contributed by atoms with Crippen LogP contribution in [0.1, 0.15) is 25.5 Å². The summed E-state index contributed by atoms with van der Waals surface area (Å²) >= 11 is 3.44. The molecule has 128 valence electrons. The van der Waals surface area contributed by atoms with E-state index in [0.29, 0.717) is 12.4 Å². The molecule has 3 aromatic rings. The number of fused-ring (bicyclic) bond motifs is 2. The predicted octanol–water partition coefficient (Wildman–Crippen LogP) is 2.41. The van der Waals surface area contributed by atoms with E-state index < -0.39 is 0 Å². The van der Waals surface area contributed by atoms with Crippen LogP contribution in [0.4, 0.5) is 5.95 Å². The highest BCUT2D eigenvalue weighted by molar-refractivity contribution is 9.10. The molecule has 0 saturated carbocycles. The number of halogens is 1. The van der Waals surface area contributed by atoms with Crippen LogP contribution in [0.3, 0.4) is 0 Å². The molecule has 0 saturated heterocycles. The van der Waals surface area contributed by atoms with Crippen molar-refractivity contribution in [1.29, 1.82) is 0 Å². The molecule has 1 aromatic carbocycles. The van der Waals surface area contributed by atoms with Gasteiger partial charge in [-0.25, -0.2) is 4.68 Å². The van der Waals surface area contributed by atoms with Gasteiger partial charge in [-0.2, -0.15) is 5.10 Å². The van der Waals surface area contributed by atoms with Gasteiger partial charge in [0.15, 0.2) is 5.78 Å². The van der Waals surface area contributed by atoms with E-state index in [2.05, 4.69) is 41.7 Å². The van der Waals surface area contributed by atoms with Crippen LogP contribution in [0.25, 0.3) is 10.9 Å². The van der Waals surface area contributed by atoms with Gasteiger partial charge in [-0.3, -0.25) is 9.89 Å². The molecule has 1 N–H and O–H groups in total. The van der Waals surface area contributed by atoms with Crippen molar-refractivity contribution in [3.05, 3.63) is 39.6 Å². The van der Waals surface area contributed by atoms with E-state index >= 15 is 0 Å². The number of aromatic amines is 1. The van der Waals surface area contributed by atoms with E-state index in [-0.39, 0.29) is 11.8 Å². The number of allylic oxidation sites excluding steroid dienone is 2. The first-order chi connectivity index (χ1) is 12.0. The topological polar surface area (TPSA) is 92.6 Å². The summed E-state index contributed by atoms with van der Waals surface area (Å²) in [6, 6.07) is 5.63. The molecule has 0 bridgehead atoms. The number of carbonyl (C=O) groups excluding carboxylic acids is 1. The molecule has 4 rings (SSSR count). The lowest BCUT2D eigenvalue weighted by Crippen LogP contribution is -2.32. The summed E-state index contributed by atoms with van der Waals surface area (Å²) in [6.07, 6.45) is 0.315. The van der Waals surface area contributed by atoms with Crippen molar-refractivity contribution in [3.63, 3.8) is 0 Å². The Hall–Kier alpha value is -2.55. The van der Waals surface area contributed by atoms with Crippen molar-refractivity contribution in [2.45, 2.75) is 26.3 Å². The number of benzene rings is 1. The average Bonchev–Trinajstić information content (AvgIpc) is 3.21. The largest absolute Gasteiger partial charge is 0.316 e. The van der Waals surface area contributed by atoms with Gasteiger partial charge in [0, 0.05) is 30.1 Å². The Balaban J connectivity index is 1.67. The standard InChI is InChI=1S/C16H16BrN7O/c1-8-14(9(2)24-16(23(8)3)20-21-22-24)13(25)7-10-4-5-12-11(6-10)15(17)19-18-12/h4-6,9H,7H2,1-3H3,(H,18,19)/t9-/m1/s1. The molecule has 1 aliphatic heterocycles. The van der Waals surface area contributed by atoms with E-state index in [4.69, 9.17) is 0 Å². The number of tetrazole rings is 1. The van der Waals surface area contributed by atoms with Crippen molar-refractivity contribution in [1.82, 2.24) is 30.4 Å². The molecule has 3 heterocycles. The van der Waals surface area contributed by atoms with Crippen LogP contribution in [0, 0.1) is 0 Å². The molecule has 0 spiro atoms. The minimum Gasteiger partial charge on any atom is -0.316 e. The molecule has 0 fully saturated rings. The molecule has 0 unspecified atom stereocenters. The van der Waals surface area contributed by atoms with Crippen LogP contribution in [-0.4, -0.2) is 43.2 Å². The first kappa shape index (κ1) is 15.9. The van der Waals surface area contributed by atoms with Crippen molar-refractivity contribution in [2.75, 3.05) is 11.9 Å². The quantitative estimate of drug-likeness (QED) is 0.724. The predicted molar refractivity (Wildman–Crippen MR) is 96.1 cm³/mol. The van der Waals surface area contributed by atoms with Crippen LogP contribution < -0.4 is 4.90 Å². The fourth-order valence-corrected chi connectivity index (χ4v) is 3.67. The van der Waals surface area contributed by atoms with Gasteiger partial charge in [0.1, 0.15) is 4.60 Å². The van der Waals surface area contributed by atoms with Crippen LogP contribution in [0.2, 0.25) is 0 Å². The SMILES string of the molecule is CC1=C(C(=O)Cc2ccc3n[nH]c(Br)c3c2)[C@@H](C)n2nnnc2N1C. The van der Waals surface area contributed by atoms with Crippen LogP contribution in [0.15, 0.2) is 34.1 Å². The third-order valence-electron chi connectivity index (χ3n) is 4.69. The Morgan fingerprint density at radius 1 is 1.40 bits per heavy atom. The van der Waals surface area contributed by atoms with E-state index in [9.17, 15) is 4.79 Å². The number of anilines is 1. The van der Waals surface area contributed by atoms with Crippen LogP contribution >= 0.6 is 15.9 Å². The number of hydrogen-bond acceptors (Lipinski definition) is 6. The number of rotatable bonds is 3. The van der Waals surface area contributed by atoms with E-state index in [1.807, 2.05) is 44.0 Å². The Morgan fingerprint density at radius 3 is 3.00 bits per heavy atom. The third-order valence-corrected chi connectivity index (χ3v) is 5.29. The van der Waals surface area contributed by atoms with Crippen LogP contribution in [-0.2, 0) is 11.2 Å². The summed E-state index contributed by atoms with van der Waals surface area (Å²) in [5.41, 5.74) is 3.42. The first-order valence-electron chi connectivity index (χ1n) is 7.85. The molecule has 8 nitrogen and oxygen atoms in total. The molecule has 1 atom stereocenters. The lowest BCUT2D eigenvalue weighted by molar-refractivity contribution is -0.115. The molecule has 25 heavy (non-hydrogen) atoms. The maximum Gasteiger partial charge on any atom is 0.250 e. The van der Waals surface area contributed by atoms with E-state index in [1.54, 1.807) is 4.68 Å². The zero-order valence-electron chi connectivity index (χ0n) is 14.0. The van der Waals surface area contributed by atoms with Crippen molar-refractivity contribution in [2.24, 2.45) is 0 Å². The zero-order valence-corrected chi connectivity index (χ0v) is 15.6. The first-order valence-corrected chi connectivity index (χ1v) is 8.64. The second kappa shape index (κ2) is 5.76. The number of carbonyl (C=O) groups is 1. The van der Waals surface area contributed by atoms with Crippen molar-refractivity contribution >= 4 is 38.6 Å². The second-order valence-corrected chi connectivity index (χ2v) is 6.94. The molecule has 9 heteroatoms. The maximum absolute atomic E-state index is 13.0. The van der Waals surface area contributed by atoms with Gasteiger partial charge in [-0.1, -0.05) is 11.2 Å². The normalized spacial score (nSPS) is 17.3. The molecular formula is C16H16BrN7O. The number of H-pyrrole nitrogens is 1. The Morgan fingerprint density at radius 2 is 2.20 bits per heavy atom. The molecule has 1 aliphatic rings. The Kier molecular flexibility index (Phi) is 3.68. The van der Waals surface area contributed by atoms with Gasteiger partial charge in [-0.15, -0.1) is 0 Å². The van der Waals surface area contributed by atoms with Crippen molar-refractivity contribution in [3.8, 4) is 0 Å². The van der Waals surface area contributed by atoms with Gasteiger partial charge < -0.3 is 4.90 Å². The monoisotopic (exact) mass is 401 g/mol. The summed E-state index contributed by atoms with van der Waals surface area (Å²) in [5.74, 6) is 0.710. The van der Waals surface area contributed by atoms with Crippen molar-refractivity contribution < 1.29 is 4.79 Å². The molecular weight excluding hydrogens is 386 g/mol. The van der Waals surface area contributed by atoms with Gasteiger partial charge >= 0.3 is 0 Å². The summed E-state index contributed by atoms with van der Waals surface area (Å²) in [4.78, 5) is 14.9. The average molecular weight is 402 g/mol. The number of hydrogen-bond donors (Lipinski definition) is 1. The van der Waals surface area contributed by atoms with Gasteiger partial charge in [0.2, 0.25) is 5.95 Å². The summed E-state index contributed by atoms with van der Waals surface area (Å²) in [5, 5.41) is 19.8. The fourth-order valence-electron chi connectivity index (χ4n) is 3.27. The van der Waals surface area contributed by atoms with Gasteiger partial charge in [0.05, 0.1) is 11.6 Å². The smallest absolute Gasteiger partial charge is 0.250 e. The zero-order chi connectivity index (χ0) is 17.7. The molecule has 2 aromatic heterocycles. The number of nitrogens with zero attached hydrogens (tertiary/aromatic N) is 6. The van der Waals surface area contributed by atoms with Gasteiger partial charge in [0.25, 0.3) is 0 Å². The van der Waals surface area contributed by atoms with Gasteiger partial charge in [-0.05, 0) is 57.9 Å². The molecule has 0 amide bonds. The highest BCUT2D eigenvalue weighted by Crippen LogP contribution is 2.33. The lowest BCUT2D eigenvalue weighted by atomic mass is 9.95. The highest BCUT2D eigenvalue weighted by Gasteiger charge is 2.32. The van der Waals surface area contributed by atoms with E-state index in [0.717, 1.165) is 32.3 Å². The fraction of sp³-hybridized carbons (Fsp3) is 0.312. The van der Waals surface area contributed by atoms with E-state index in [1.165, 1.54) is 0 Å². The summed E-state index contributed by atoms with van der Waals surface area (Å²) in [7, 11) is 1.87. The molecule has 0 radical (unpaired) electrons. The Bertz CT molecular complexity index is 1020. The van der Waals surface area contributed by atoms with Crippen LogP contribution in [0.5, 0.6) is 0 Å². The highest BCUT2D eigenvalue weighted by atomic mass is 79.9. The second-order valence-electron chi connectivity index (χ2n) is 6.15. The maximum atomic E-state index is 13.0.